The molecule has 2 amide bonds. The summed E-state index contributed by atoms with van der Waals surface area (Å²) < 4.78 is 7.32. The molecule has 5 rings (SSSR count). The van der Waals surface area contributed by atoms with Gasteiger partial charge in [-0.3, -0.25) is 9.59 Å². The Morgan fingerprint density at radius 2 is 1.86 bits per heavy atom. The smallest absolute Gasteiger partial charge is 0.243 e. The van der Waals surface area contributed by atoms with Gasteiger partial charge in [0.2, 0.25) is 11.8 Å². The van der Waals surface area contributed by atoms with Gasteiger partial charge in [-0.25, -0.2) is 5.01 Å². The molecule has 0 saturated heterocycles. The number of aromatic nitrogens is 3. The number of hydrazone groups is 1. The molecule has 1 aromatic heterocycles. The van der Waals surface area contributed by atoms with E-state index < -0.39 is 0 Å². The molecule has 9 nitrogen and oxygen atoms in total. The number of hydrogen-bond donors (Lipinski definition) is 1. The molecule has 0 radical (unpaired) electrons. The van der Waals surface area contributed by atoms with Gasteiger partial charge in [0.25, 0.3) is 0 Å². The molecule has 9 heteroatoms. The molecular formula is C26H28N6O3. The molecular weight excluding hydrogens is 444 g/mol. The fraction of sp³-hybridized carbons (Fsp3) is 0.346. The topological polar surface area (TPSA) is 102 Å². The number of carbonyl (C=O) groups excluding carboxylic acids is 2. The molecule has 0 fully saturated rings. The van der Waals surface area contributed by atoms with Gasteiger partial charge in [-0.1, -0.05) is 42.5 Å². The van der Waals surface area contributed by atoms with Crippen molar-refractivity contribution in [1.29, 1.82) is 0 Å². The van der Waals surface area contributed by atoms with Crippen molar-refractivity contribution in [3.05, 3.63) is 77.4 Å². The van der Waals surface area contributed by atoms with Gasteiger partial charge in [0, 0.05) is 32.2 Å². The molecule has 0 unspecified atom stereocenters. The average Bonchev–Trinajstić information content (AvgIpc) is 3.63. The predicted octanol–water partition coefficient (Wildman–Crippen LogP) is 3.01. The quantitative estimate of drug-likeness (QED) is 0.543. The van der Waals surface area contributed by atoms with E-state index in [1.165, 1.54) is 5.01 Å². The van der Waals surface area contributed by atoms with Crippen LogP contribution in [0.4, 0.5) is 0 Å². The summed E-state index contributed by atoms with van der Waals surface area (Å²) in [5.74, 6) is 2.10. The van der Waals surface area contributed by atoms with Crippen LogP contribution in [0.25, 0.3) is 0 Å². The van der Waals surface area contributed by atoms with Crippen LogP contribution >= 0.6 is 0 Å². The maximum Gasteiger partial charge on any atom is 0.243 e. The van der Waals surface area contributed by atoms with Crippen LogP contribution in [-0.2, 0) is 29.1 Å². The second-order valence-electron chi connectivity index (χ2n) is 8.71. The average molecular weight is 473 g/mol. The number of amides is 2. The third-order valence-electron chi connectivity index (χ3n) is 6.47. The van der Waals surface area contributed by atoms with Gasteiger partial charge in [0.1, 0.15) is 11.6 Å². The minimum Gasteiger partial charge on any atom is -0.497 e. The standard InChI is InChI=1S/C26H28N6O3/c1-35-20-11-9-19(10-12-20)22-16-21(18-6-3-2-4-7-18)30-32(22)26(34)14-13-25(33)27-17-24-29-28-23-8-5-15-31(23)24/h2-4,6-7,9-12,22H,5,8,13-17H2,1H3,(H,27,33)/t22-/m0/s1. The molecule has 2 aliphatic heterocycles. The lowest BCUT2D eigenvalue weighted by atomic mass is 9.98. The zero-order valence-corrected chi connectivity index (χ0v) is 19.7. The Morgan fingerprint density at radius 3 is 2.63 bits per heavy atom. The number of methoxy groups -OCH3 is 1. The molecule has 0 aliphatic carbocycles. The summed E-state index contributed by atoms with van der Waals surface area (Å²) >= 11 is 0. The van der Waals surface area contributed by atoms with Crippen LogP contribution < -0.4 is 10.1 Å². The van der Waals surface area contributed by atoms with Gasteiger partial charge >= 0.3 is 0 Å². The van der Waals surface area contributed by atoms with E-state index in [9.17, 15) is 9.59 Å². The number of benzene rings is 2. The van der Waals surface area contributed by atoms with E-state index in [4.69, 9.17) is 4.74 Å². The van der Waals surface area contributed by atoms with Crippen molar-refractivity contribution in [1.82, 2.24) is 25.1 Å². The van der Waals surface area contributed by atoms with Gasteiger partial charge in [0.15, 0.2) is 5.82 Å². The van der Waals surface area contributed by atoms with Gasteiger partial charge < -0.3 is 14.6 Å². The van der Waals surface area contributed by atoms with E-state index in [0.29, 0.717) is 13.0 Å². The largest absolute Gasteiger partial charge is 0.497 e. The van der Waals surface area contributed by atoms with Crippen LogP contribution in [0.1, 0.15) is 54.5 Å². The highest BCUT2D eigenvalue weighted by atomic mass is 16.5. The Balaban J connectivity index is 1.24. The minimum atomic E-state index is -0.231. The second kappa shape index (κ2) is 10.1. The zero-order chi connectivity index (χ0) is 24.2. The number of nitrogens with zero attached hydrogens (tertiary/aromatic N) is 5. The number of carbonyl (C=O) groups is 2. The molecule has 35 heavy (non-hydrogen) atoms. The molecule has 0 spiro atoms. The van der Waals surface area contributed by atoms with Gasteiger partial charge in [0.05, 0.1) is 25.4 Å². The first-order valence-electron chi connectivity index (χ1n) is 11.9. The Labute approximate surface area is 203 Å². The SMILES string of the molecule is COc1ccc([C@@H]2CC(c3ccccc3)=NN2C(=O)CCC(=O)NCc2nnc3n2CCC3)cc1. The van der Waals surface area contributed by atoms with Crippen LogP contribution in [0, 0.1) is 0 Å². The van der Waals surface area contributed by atoms with Gasteiger partial charge in [-0.2, -0.15) is 5.10 Å². The predicted molar refractivity (Wildman–Crippen MR) is 130 cm³/mol. The van der Waals surface area contributed by atoms with Crippen molar-refractivity contribution in [2.45, 2.75) is 51.2 Å². The molecule has 3 heterocycles. The highest BCUT2D eigenvalue weighted by Crippen LogP contribution is 2.34. The van der Waals surface area contributed by atoms with Crippen molar-refractivity contribution in [2.75, 3.05) is 7.11 Å². The van der Waals surface area contributed by atoms with E-state index >= 15 is 0 Å². The first-order chi connectivity index (χ1) is 17.1. The second-order valence-corrected chi connectivity index (χ2v) is 8.71. The summed E-state index contributed by atoms with van der Waals surface area (Å²) in [5.41, 5.74) is 2.81. The summed E-state index contributed by atoms with van der Waals surface area (Å²) in [6.07, 6.45) is 2.74. The normalized spacial score (nSPS) is 16.7. The Hall–Kier alpha value is -4.01. The van der Waals surface area contributed by atoms with Crippen LogP contribution in [0.5, 0.6) is 5.75 Å². The van der Waals surface area contributed by atoms with E-state index in [0.717, 1.165) is 53.6 Å². The lowest BCUT2D eigenvalue weighted by Crippen LogP contribution is -2.30. The van der Waals surface area contributed by atoms with Crippen molar-refractivity contribution < 1.29 is 14.3 Å². The molecule has 2 aliphatic rings. The Kier molecular flexibility index (Phi) is 6.56. The molecule has 3 aromatic rings. The third-order valence-corrected chi connectivity index (χ3v) is 6.47. The third kappa shape index (κ3) is 4.94. The first-order valence-corrected chi connectivity index (χ1v) is 11.9. The zero-order valence-electron chi connectivity index (χ0n) is 19.7. The minimum absolute atomic E-state index is 0.0714. The molecule has 0 saturated carbocycles. The summed E-state index contributed by atoms with van der Waals surface area (Å²) in [6, 6.07) is 17.3. The van der Waals surface area contributed by atoms with Crippen molar-refractivity contribution in [3.63, 3.8) is 0 Å². The maximum absolute atomic E-state index is 13.2. The number of ether oxygens (including phenoxy) is 1. The highest BCUT2D eigenvalue weighted by Gasteiger charge is 2.33. The van der Waals surface area contributed by atoms with E-state index in [-0.39, 0.29) is 30.7 Å². The Bertz CT molecular complexity index is 1240. The molecule has 1 atom stereocenters. The summed E-state index contributed by atoms with van der Waals surface area (Å²) in [6.45, 7) is 1.20. The van der Waals surface area contributed by atoms with E-state index in [1.807, 2.05) is 54.6 Å². The van der Waals surface area contributed by atoms with Crippen molar-refractivity contribution in [2.24, 2.45) is 5.10 Å². The fourth-order valence-electron chi connectivity index (χ4n) is 4.57. The van der Waals surface area contributed by atoms with Crippen LogP contribution in [0.3, 0.4) is 0 Å². The molecule has 1 N–H and O–H groups in total. The number of fused-ring (bicyclic) bond motifs is 1. The summed E-state index contributed by atoms with van der Waals surface area (Å²) in [5, 5.41) is 17.4. The van der Waals surface area contributed by atoms with Crippen molar-refractivity contribution >= 4 is 17.5 Å². The van der Waals surface area contributed by atoms with E-state index in [1.54, 1.807) is 7.11 Å². The van der Waals surface area contributed by atoms with Crippen LogP contribution in [0.15, 0.2) is 59.7 Å². The number of nitrogens with one attached hydrogen (secondary N) is 1. The lowest BCUT2D eigenvalue weighted by Gasteiger charge is -2.22. The molecule has 180 valence electrons. The monoisotopic (exact) mass is 472 g/mol. The highest BCUT2D eigenvalue weighted by molar-refractivity contribution is 6.03. The van der Waals surface area contributed by atoms with E-state index in [2.05, 4.69) is 25.2 Å². The fourth-order valence-corrected chi connectivity index (χ4v) is 4.57. The number of aryl methyl sites for hydroxylation is 1. The molecule has 0 bridgehead atoms. The first kappa shape index (κ1) is 22.8. The van der Waals surface area contributed by atoms with Crippen molar-refractivity contribution in [3.8, 4) is 5.75 Å². The summed E-state index contributed by atoms with van der Waals surface area (Å²) in [7, 11) is 1.62. The van der Waals surface area contributed by atoms with Gasteiger partial charge in [-0.15, -0.1) is 10.2 Å². The maximum atomic E-state index is 13.2. The van der Waals surface area contributed by atoms with Crippen LogP contribution in [0.2, 0.25) is 0 Å². The molecule has 2 aromatic carbocycles. The summed E-state index contributed by atoms with van der Waals surface area (Å²) in [4.78, 5) is 25.7. The lowest BCUT2D eigenvalue weighted by molar-refractivity contribution is -0.135. The van der Waals surface area contributed by atoms with Gasteiger partial charge in [-0.05, 0) is 29.7 Å². The number of hydrogen-bond acceptors (Lipinski definition) is 6. The Morgan fingerprint density at radius 1 is 1.06 bits per heavy atom. The van der Waals surface area contributed by atoms with Crippen LogP contribution in [-0.4, -0.2) is 44.4 Å². The number of rotatable bonds is 8.